The summed E-state index contributed by atoms with van der Waals surface area (Å²) in [6.07, 6.45) is 1.83. The van der Waals surface area contributed by atoms with Crippen molar-refractivity contribution in [1.82, 2.24) is 10.2 Å². The molecule has 1 heterocycles. The van der Waals surface area contributed by atoms with Crippen molar-refractivity contribution in [3.63, 3.8) is 0 Å². The predicted octanol–water partition coefficient (Wildman–Crippen LogP) is 3.91. The summed E-state index contributed by atoms with van der Waals surface area (Å²) in [4.78, 5) is 2.11. The SMILES string of the molecule is CCCC(C)[C@@H](c1c(F)cc(F)cc1F)N1CCNCC1.Cl. The first kappa shape index (κ1) is 19.3. The van der Waals surface area contributed by atoms with E-state index in [4.69, 9.17) is 0 Å². The van der Waals surface area contributed by atoms with Crippen molar-refractivity contribution in [2.24, 2.45) is 5.92 Å². The van der Waals surface area contributed by atoms with Gasteiger partial charge >= 0.3 is 0 Å². The second-order valence-electron chi connectivity index (χ2n) is 5.78. The monoisotopic (exact) mass is 336 g/mol. The molecule has 1 saturated heterocycles. The minimum atomic E-state index is -0.865. The molecule has 0 aromatic heterocycles. The lowest BCUT2D eigenvalue weighted by atomic mass is 9.88. The minimum Gasteiger partial charge on any atom is -0.314 e. The van der Waals surface area contributed by atoms with E-state index in [-0.39, 0.29) is 29.9 Å². The molecule has 1 unspecified atom stereocenters. The van der Waals surface area contributed by atoms with Crippen LogP contribution < -0.4 is 5.32 Å². The maximum atomic E-state index is 14.2. The molecule has 0 spiro atoms. The molecule has 1 aromatic carbocycles. The Bertz CT molecular complexity index is 455. The van der Waals surface area contributed by atoms with Crippen LogP contribution in [0.1, 0.15) is 38.3 Å². The topological polar surface area (TPSA) is 15.3 Å². The Kier molecular flexibility index (Phi) is 7.66. The standard InChI is InChI=1S/C16H23F3N2.ClH/c1-3-4-11(2)16(21-7-5-20-6-8-21)15-13(18)9-12(17)10-14(15)19;/h9-11,16,20H,3-8H2,1-2H3;1H/t11?,16-;/m0./s1. The number of hydrogen-bond donors (Lipinski definition) is 1. The lowest BCUT2D eigenvalue weighted by Crippen LogP contribution is -2.47. The molecule has 0 aliphatic carbocycles. The third-order valence-electron chi connectivity index (χ3n) is 4.17. The smallest absolute Gasteiger partial charge is 0.133 e. The van der Waals surface area contributed by atoms with E-state index in [1.54, 1.807) is 0 Å². The summed E-state index contributed by atoms with van der Waals surface area (Å²) in [5, 5.41) is 3.24. The highest BCUT2D eigenvalue weighted by Crippen LogP contribution is 2.35. The van der Waals surface area contributed by atoms with Crippen LogP contribution >= 0.6 is 12.4 Å². The zero-order valence-corrected chi connectivity index (χ0v) is 13.9. The molecule has 0 bridgehead atoms. The molecule has 1 fully saturated rings. The fraction of sp³-hybridized carbons (Fsp3) is 0.625. The van der Waals surface area contributed by atoms with Crippen LogP contribution in [-0.4, -0.2) is 31.1 Å². The molecule has 0 amide bonds. The number of hydrogen-bond acceptors (Lipinski definition) is 2. The van der Waals surface area contributed by atoms with Gasteiger partial charge in [0.2, 0.25) is 0 Å². The summed E-state index contributed by atoms with van der Waals surface area (Å²) in [6, 6.07) is 1.23. The summed E-state index contributed by atoms with van der Waals surface area (Å²) in [6.45, 7) is 7.17. The van der Waals surface area contributed by atoms with Crippen molar-refractivity contribution >= 4 is 12.4 Å². The van der Waals surface area contributed by atoms with Crippen molar-refractivity contribution in [3.05, 3.63) is 35.1 Å². The molecule has 1 aromatic rings. The zero-order valence-electron chi connectivity index (χ0n) is 13.0. The summed E-state index contributed by atoms with van der Waals surface area (Å²) in [5.41, 5.74) is 0.0132. The van der Waals surface area contributed by atoms with Crippen molar-refractivity contribution in [1.29, 1.82) is 0 Å². The van der Waals surface area contributed by atoms with E-state index >= 15 is 0 Å². The van der Waals surface area contributed by atoms with Crippen LogP contribution in [0.15, 0.2) is 12.1 Å². The molecule has 0 radical (unpaired) electrons. The summed E-state index contributed by atoms with van der Waals surface area (Å²) in [7, 11) is 0. The Hall–Kier alpha value is -0.780. The van der Waals surface area contributed by atoms with E-state index in [9.17, 15) is 13.2 Å². The van der Waals surface area contributed by atoms with E-state index in [0.29, 0.717) is 0 Å². The van der Waals surface area contributed by atoms with Gasteiger partial charge < -0.3 is 5.32 Å². The summed E-state index contributed by atoms with van der Waals surface area (Å²) in [5.74, 6) is -2.31. The third-order valence-corrected chi connectivity index (χ3v) is 4.17. The average molecular weight is 337 g/mol. The number of benzene rings is 1. The van der Waals surface area contributed by atoms with Gasteiger partial charge in [-0.05, 0) is 12.3 Å². The highest BCUT2D eigenvalue weighted by molar-refractivity contribution is 5.85. The summed E-state index contributed by atoms with van der Waals surface area (Å²) < 4.78 is 41.5. The van der Waals surface area contributed by atoms with Crippen LogP contribution in [0.5, 0.6) is 0 Å². The van der Waals surface area contributed by atoms with Crippen molar-refractivity contribution in [3.8, 4) is 0 Å². The zero-order chi connectivity index (χ0) is 15.4. The van der Waals surface area contributed by atoms with E-state index in [2.05, 4.69) is 17.1 Å². The molecule has 1 aliphatic rings. The van der Waals surface area contributed by atoms with Gasteiger partial charge in [0.25, 0.3) is 0 Å². The first-order valence-corrected chi connectivity index (χ1v) is 7.63. The average Bonchev–Trinajstić information content (AvgIpc) is 2.43. The van der Waals surface area contributed by atoms with E-state index < -0.39 is 17.5 Å². The Balaban J connectivity index is 0.00000242. The molecule has 2 rings (SSSR count). The molecular weight excluding hydrogens is 313 g/mol. The number of nitrogens with zero attached hydrogens (tertiary/aromatic N) is 1. The fourth-order valence-electron chi connectivity index (χ4n) is 3.24. The van der Waals surface area contributed by atoms with Crippen LogP contribution in [0.4, 0.5) is 13.2 Å². The molecule has 126 valence electrons. The van der Waals surface area contributed by atoms with Crippen LogP contribution in [0.3, 0.4) is 0 Å². The lowest BCUT2D eigenvalue weighted by molar-refractivity contribution is 0.119. The quantitative estimate of drug-likeness (QED) is 0.877. The Labute approximate surface area is 136 Å². The van der Waals surface area contributed by atoms with Gasteiger partial charge in [-0.25, -0.2) is 13.2 Å². The molecule has 2 atom stereocenters. The Morgan fingerprint density at radius 1 is 1.14 bits per heavy atom. The number of halogens is 4. The highest BCUT2D eigenvalue weighted by Gasteiger charge is 2.31. The molecule has 1 N–H and O–H groups in total. The second-order valence-corrected chi connectivity index (χ2v) is 5.78. The van der Waals surface area contributed by atoms with Crippen LogP contribution in [-0.2, 0) is 0 Å². The Morgan fingerprint density at radius 3 is 2.18 bits per heavy atom. The van der Waals surface area contributed by atoms with Gasteiger partial charge in [0, 0.05) is 49.9 Å². The van der Waals surface area contributed by atoms with Crippen LogP contribution in [0, 0.1) is 23.4 Å². The Morgan fingerprint density at radius 2 is 1.68 bits per heavy atom. The summed E-state index contributed by atoms with van der Waals surface area (Å²) >= 11 is 0. The van der Waals surface area contributed by atoms with E-state index in [0.717, 1.165) is 51.2 Å². The molecular formula is C16H24ClF3N2. The van der Waals surface area contributed by atoms with Crippen molar-refractivity contribution in [2.45, 2.75) is 32.7 Å². The van der Waals surface area contributed by atoms with Gasteiger partial charge in [-0.15, -0.1) is 12.4 Å². The molecule has 2 nitrogen and oxygen atoms in total. The van der Waals surface area contributed by atoms with Crippen LogP contribution in [0.2, 0.25) is 0 Å². The van der Waals surface area contributed by atoms with Gasteiger partial charge in [-0.3, -0.25) is 4.90 Å². The molecule has 1 aliphatic heterocycles. The maximum Gasteiger partial charge on any atom is 0.133 e. The van der Waals surface area contributed by atoms with Gasteiger partial charge in [0.1, 0.15) is 17.5 Å². The van der Waals surface area contributed by atoms with Crippen LogP contribution in [0.25, 0.3) is 0 Å². The highest BCUT2D eigenvalue weighted by atomic mass is 35.5. The lowest BCUT2D eigenvalue weighted by Gasteiger charge is -2.38. The second kappa shape index (κ2) is 8.75. The minimum absolute atomic E-state index is 0. The first-order valence-electron chi connectivity index (χ1n) is 7.63. The van der Waals surface area contributed by atoms with Gasteiger partial charge in [-0.1, -0.05) is 20.3 Å². The molecule has 6 heteroatoms. The number of rotatable bonds is 5. The molecule has 0 saturated carbocycles. The predicted molar refractivity (Wildman–Crippen MR) is 84.8 cm³/mol. The first-order chi connectivity index (χ1) is 10.0. The largest absolute Gasteiger partial charge is 0.314 e. The molecule has 22 heavy (non-hydrogen) atoms. The number of nitrogens with one attached hydrogen (secondary N) is 1. The van der Waals surface area contributed by atoms with E-state index in [1.165, 1.54) is 0 Å². The van der Waals surface area contributed by atoms with E-state index in [1.807, 2.05) is 6.92 Å². The van der Waals surface area contributed by atoms with Crippen molar-refractivity contribution < 1.29 is 13.2 Å². The van der Waals surface area contributed by atoms with Gasteiger partial charge in [0.05, 0.1) is 0 Å². The van der Waals surface area contributed by atoms with Gasteiger partial charge in [0.15, 0.2) is 0 Å². The maximum absolute atomic E-state index is 14.2. The number of piperazine rings is 1. The normalized spacial score (nSPS) is 18.6. The third kappa shape index (κ3) is 4.37. The fourth-order valence-corrected chi connectivity index (χ4v) is 3.24. The van der Waals surface area contributed by atoms with Crippen molar-refractivity contribution in [2.75, 3.05) is 26.2 Å². The van der Waals surface area contributed by atoms with Gasteiger partial charge in [-0.2, -0.15) is 0 Å².